The molecule has 130 valence electrons. The van der Waals surface area contributed by atoms with E-state index < -0.39 is 6.10 Å². The van der Waals surface area contributed by atoms with Crippen LogP contribution in [-0.2, 0) is 9.59 Å². The first-order valence-electron chi connectivity index (χ1n) is 8.45. The van der Waals surface area contributed by atoms with Crippen molar-refractivity contribution in [2.45, 2.75) is 26.9 Å². The van der Waals surface area contributed by atoms with Gasteiger partial charge < -0.3 is 9.64 Å². The number of para-hydroxylation sites is 2. The molecule has 1 heterocycles. The molecule has 0 bridgehead atoms. The average Bonchev–Trinajstić information content (AvgIpc) is 2.59. The maximum Gasteiger partial charge on any atom is 0.268 e. The van der Waals surface area contributed by atoms with E-state index in [4.69, 9.17) is 4.74 Å². The van der Waals surface area contributed by atoms with Crippen molar-refractivity contribution in [3.05, 3.63) is 54.1 Å². The molecule has 0 saturated heterocycles. The lowest BCUT2D eigenvalue weighted by atomic mass is 10.1. The van der Waals surface area contributed by atoms with Crippen LogP contribution in [-0.4, -0.2) is 31.0 Å². The lowest BCUT2D eigenvalue weighted by Crippen LogP contribution is -2.49. The van der Waals surface area contributed by atoms with E-state index in [0.29, 0.717) is 18.0 Å². The lowest BCUT2D eigenvalue weighted by molar-refractivity contribution is -0.127. The first-order valence-corrected chi connectivity index (χ1v) is 8.45. The molecule has 0 N–H and O–H groups in total. The van der Waals surface area contributed by atoms with E-state index in [1.165, 1.54) is 4.90 Å². The topological polar surface area (TPSA) is 49.9 Å². The van der Waals surface area contributed by atoms with Crippen molar-refractivity contribution in [3.8, 4) is 5.75 Å². The molecule has 2 aromatic rings. The smallest absolute Gasteiger partial charge is 0.268 e. The number of carbonyl (C=O) groups excluding carboxylic acids is 2. The van der Waals surface area contributed by atoms with Gasteiger partial charge in [-0.2, -0.15) is 0 Å². The average molecular weight is 338 g/mol. The summed E-state index contributed by atoms with van der Waals surface area (Å²) in [5, 5.41) is 0. The Morgan fingerprint density at radius 3 is 2.68 bits per heavy atom. The molecule has 3 rings (SSSR count). The fourth-order valence-electron chi connectivity index (χ4n) is 3.04. The maximum absolute atomic E-state index is 12.9. The number of benzene rings is 2. The van der Waals surface area contributed by atoms with E-state index >= 15 is 0 Å². The van der Waals surface area contributed by atoms with Gasteiger partial charge in [-0.25, -0.2) is 0 Å². The van der Waals surface area contributed by atoms with Crippen LogP contribution in [0.4, 0.5) is 11.4 Å². The highest BCUT2D eigenvalue weighted by Gasteiger charge is 2.33. The molecule has 2 amide bonds. The van der Waals surface area contributed by atoms with Crippen LogP contribution in [0.3, 0.4) is 0 Å². The Morgan fingerprint density at radius 2 is 1.96 bits per heavy atom. The monoisotopic (exact) mass is 338 g/mol. The number of carbonyl (C=O) groups is 2. The van der Waals surface area contributed by atoms with Crippen molar-refractivity contribution >= 4 is 23.2 Å². The molecule has 1 unspecified atom stereocenters. The number of nitrogens with zero attached hydrogens (tertiary/aromatic N) is 2. The Hall–Kier alpha value is -2.82. The summed E-state index contributed by atoms with van der Waals surface area (Å²) in [7, 11) is 0. The fourth-order valence-corrected chi connectivity index (χ4v) is 3.04. The summed E-state index contributed by atoms with van der Waals surface area (Å²) in [6.07, 6.45) is -0.600. The number of amides is 2. The molecule has 1 aliphatic heterocycles. The third-order valence-electron chi connectivity index (χ3n) is 4.30. The van der Waals surface area contributed by atoms with Gasteiger partial charge in [-0.1, -0.05) is 24.3 Å². The van der Waals surface area contributed by atoms with Gasteiger partial charge in [0.15, 0.2) is 6.10 Å². The van der Waals surface area contributed by atoms with Gasteiger partial charge in [0.1, 0.15) is 12.3 Å². The van der Waals surface area contributed by atoms with E-state index in [1.807, 2.05) is 56.3 Å². The Labute approximate surface area is 147 Å². The number of ether oxygens (including phenoxy) is 1. The van der Waals surface area contributed by atoms with Crippen molar-refractivity contribution < 1.29 is 14.3 Å². The van der Waals surface area contributed by atoms with Gasteiger partial charge in [0.25, 0.3) is 5.91 Å². The zero-order valence-electron chi connectivity index (χ0n) is 14.7. The molecule has 5 heteroatoms. The Bertz CT molecular complexity index is 803. The molecule has 0 aromatic heterocycles. The normalized spacial score (nSPS) is 16.2. The van der Waals surface area contributed by atoms with Gasteiger partial charge in [0, 0.05) is 12.2 Å². The predicted molar refractivity (Wildman–Crippen MR) is 98.1 cm³/mol. The Kier molecular flexibility index (Phi) is 4.74. The molecule has 0 radical (unpaired) electrons. The van der Waals surface area contributed by atoms with E-state index in [1.54, 1.807) is 17.9 Å². The zero-order chi connectivity index (χ0) is 18.0. The van der Waals surface area contributed by atoms with Crippen molar-refractivity contribution in [1.82, 2.24) is 0 Å². The summed E-state index contributed by atoms with van der Waals surface area (Å²) < 4.78 is 5.63. The molecule has 0 saturated carbocycles. The summed E-state index contributed by atoms with van der Waals surface area (Å²) >= 11 is 0. The molecular formula is C20H22N2O3. The van der Waals surface area contributed by atoms with Gasteiger partial charge in [-0.15, -0.1) is 0 Å². The molecule has 25 heavy (non-hydrogen) atoms. The first kappa shape index (κ1) is 17.0. The highest BCUT2D eigenvalue weighted by Crippen LogP contribution is 2.33. The van der Waals surface area contributed by atoms with E-state index in [-0.39, 0.29) is 18.4 Å². The molecule has 1 aliphatic rings. The summed E-state index contributed by atoms with van der Waals surface area (Å²) in [6, 6.07) is 15.1. The third kappa shape index (κ3) is 3.36. The number of hydrogen-bond acceptors (Lipinski definition) is 3. The highest BCUT2D eigenvalue weighted by molar-refractivity contribution is 6.06. The minimum atomic E-state index is -0.600. The number of fused-ring (bicyclic) bond motifs is 1. The largest absolute Gasteiger partial charge is 0.479 e. The zero-order valence-corrected chi connectivity index (χ0v) is 14.7. The first-order chi connectivity index (χ1) is 12.0. The van der Waals surface area contributed by atoms with E-state index in [0.717, 1.165) is 11.3 Å². The van der Waals surface area contributed by atoms with Gasteiger partial charge in [0.05, 0.1) is 5.69 Å². The van der Waals surface area contributed by atoms with Crippen LogP contribution in [0.2, 0.25) is 0 Å². The van der Waals surface area contributed by atoms with Crippen LogP contribution in [0.1, 0.15) is 19.4 Å². The quantitative estimate of drug-likeness (QED) is 0.860. The summed E-state index contributed by atoms with van der Waals surface area (Å²) in [4.78, 5) is 28.7. The van der Waals surface area contributed by atoms with Crippen molar-refractivity contribution in [3.63, 3.8) is 0 Å². The van der Waals surface area contributed by atoms with Crippen LogP contribution in [0.15, 0.2) is 48.5 Å². The summed E-state index contributed by atoms with van der Waals surface area (Å²) in [5.74, 6) is 0.304. The number of anilines is 2. The number of hydrogen-bond donors (Lipinski definition) is 0. The molecule has 2 aromatic carbocycles. The van der Waals surface area contributed by atoms with Crippen molar-refractivity contribution in [2.24, 2.45) is 0 Å². The number of aryl methyl sites for hydroxylation is 1. The van der Waals surface area contributed by atoms with Crippen LogP contribution >= 0.6 is 0 Å². The van der Waals surface area contributed by atoms with E-state index in [2.05, 4.69) is 0 Å². The van der Waals surface area contributed by atoms with E-state index in [9.17, 15) is 9.59 Å². The SMILES string of the molecule is CCN(C(=O)CN1C(=O)C(C)Oc2ccccc21)c1cccc(C)c1. The molecular weight excluding hydrogens is 316 g/mol. The predicted octanol–water partition coefficient (Wildman–Crippen LogP) is 3.16. The minimum Gasteiger partial charge on any atom is -0.479 e. The molecule has 0 aliphatic carbocycles. The second kappa shape index (κ2) is 6.97. The summed E-state index contributed by atoms with van der Waals surface area (Å²) in [5.41, 5.74) is 2.57. The molecule has 0 spiro atoms. The standard InChI is InChI=1S/C20H22N2O3/c1-4-21(16-9-7-8-14(2)12-16)19(23)13-22-17-10-5-6-11-18(17)25-15(3)20(22)24/h5-12,15H,4,13H2,1-3H3. The maximum atomic E-state index is 12.9. The van der Waals surface area contributed by atoms with Gasteiger partial charge in [0.2, 0.25) is 5.91 Å². The summed E-state index contributed by atoms with van der Waals surface area (Å²) in [6.45, 7) is 6.15. The Morgan fingerprint density at radius 1 is 1.20 bits per heavy atom. The van der Waals surface area contributed by atoms with Gasteiger partial charge in [-0.3, -0.25) is 14.5 Å². The molecule has 0 fully saturated rings. The lowest BCUT2D eigenvalue weighted by Gasteiger charge is -2.34. The fraction of sp³-hybridized carbons (Fsp3) is 0.300. The second-order valence-corrected chi connectivity index (χ2v) is 6.13. The number of likely N-dealkylation sites (N-methyl/N-ethyl adjacent to an activating group) is 1. The molecule has 5 nitrogen and oxygen atoms in total. The van der Waals surface area contributed by atoms with Gasteiger partial charge in [-0.05, 0) is 50.6 Å². The van der Waals surface area contributed by atoms with Crippen molar-refractivity contribution in [1.29, 1.82) is 0 Å². The number of rotatable bonds is 4. The van der Waals surface area contributed by atoms with Gasteiger partial charge >= 0.3 is 0 Å². The van der Waals surface area contributed by atoms with Crippen LogP contribution in [0, 0.1) is 6.92 Å². The van der Waals surface area contributed by atoms with Crippen molar-refractivity contribution in [2.75, 3.05) is 22.9 Å². The van der Waals surface area contributed by atoms with Crippen LogP contribution < -0.4 is 14.5 Å². The highest BCUT2D eigenvalue weighted by atomic mass is 16.5. The third-order valence-corrected chi connectivity index (χ3v) is 4.30. The minimum absolute atomic E-state index is 0.00860. The molecule has 1 atom stereocenters. The van der Waals surface area contributed by atoms with Crippen LogP contribution in [0.25, 0.3) is 0 Å². The van der Waals surface area contributed by atoms with Crippen LogP contribution in [0.5, 0.6) is 5.75 Å². The Balaban J connectivity index is 1.87. The second-order valence-electron chi connectivity index (χ2n) is 6.13.